The van der Waals surface area contributed by atoms with Crippen molar-refractivity contribution >= 4 is 34.9 Å². The molecule has 9 heteroatoms. The van der Waals surface area contributed by atoms with Crippen molar-refractivity contribution in [3.63, 3.8) is 0 Å². The van der Waals surface area contributed by atoms with Crippen molar-refractivity contribution in [1.29, 1.82) is 0 Å². The summed E-state index contributed by atoms with van der Waals surface area (Å²) in [6.45, 7) is 7.26. The minimum atomic E-state index is -2.15. The summed E-state index contributed by atoms with van der Waals surface area (Å²) in [7, 11) is 0. The van der Waals surface area contributed by atoms with Crippen molar-refractivity contribution in [1.82, 2.24) is 0 Å². The van der Waals surface area contributed by atoms with Gasteiger partial charge in [-0.05, 0) is 68.3 Å². The van der Waals surface area contributed by atoms with Crippen LogP contribution in [0.25, 0.3) is 6.08 Å². The van der Waals surface area contributed by atoms with Crippen molar-refractivity contribution < 1.29 is 31.9 Å². The number of ether oxygens (including phenoxy) is 1. The molecule has 0 radical (unpaired) electrons. The Kier molecular flexibility index (Phi) is 6.91. The minimum absolute atomic E-state index is 0.00723. The standard InChI is InChI=1S/C27H20ClF4NO3/c1-4-33(5-2)16-8-6-14(18(28)12-16)7-9-17-11-15(10-13(3)36-17)19-26(34)20-21(27(19)35)23(30)25(32)24(31)22(20)29/h6-12H,4-5H2,1-3H3/b9-7+. The number of Topliss-reactive ketones (excluding diaryl/α,β-unsaturated/α-hetero) is 2. The third kappa shape index (κ3) is 4.26. The van der Waals surface area contributed by atoms with Gasteiger partial charge in [0, 0.05) is 23.8 Å². The lowest BCUT2D eigenvalue weighted by molar-refractivity contribution is 0.0985. The lowest BCUT2D eigenvalue weighted by Gasteiger charge is -2.21. The van der Waals surface area contributed by atoms with Gasteiger partial charge in [0.2, 0.25) is 11.6 Å². The Balaban J connectivity index is 1.72. The number of carbonyl (C=O) groups excluding carboxylic acids is 2. The topological polar surface area (TPSA) is 46.6 Å². The van der Waals surface area contributed by atoms with Gasteiger partial charge in [0.05, 0.1) is 16.7 Å². The fourth-order valence-corrected chi connectivity index (χ4v) is 4.40. The first-order valence-corrected chi connectivity index (χ1v) is 11.5. The molecule has 0 atom stereocenters. The molecule has 0 bridgehead atoms. The molecule has 0 fully saturated rings. The van der Waals surface area contributed by atoms with Crippen molar-refractivity contribution in [3.8, 4) is 0 Å². The molecule has 36 heavy (non-hydrogen) atoms. The second-order valence-electron chi connectivity index (χ2n) is 8.11. The molecule has 4 rings (SSSR count). The smallest absolute Gasteiger partial charge is 0.201 e. The number of fused-ring (bicyclic) bond motifs is 1. The number of rotatable bonds is 5. The van der Waals surface area contributed by atoms with E-state index >= 15 is 0 Å². The van der Waals surface area contributed by atoms with E-state index in [4.69, 9.17) is 16.3 Å². The number of ketones is 2. The van der Waals surface area contributed by atoms with Gasteiger partial charge in [-0.25, -0.2) is 17.6 Å². The second kappa shape index (κ2) is 9.78. The predicted molar refractivity (Wildman–Crippen MR) is 129 cm³/mol. The van der Waals surface area contributed by atoms with Gasteiger partial charge in [0.25, 0.3) is 0 Å². The van der Waals surface area contributed by atoms with E-state index in [9.17, 15) is 27.2 Å². The molecule has 0 unspecified atom stereocenters. The number of allylic oxidation sites excluding steroid dienone is 6. The van der Waals surface area contributed by atoms with Gasteiger partial charge in [-0.15, -0.1) is 0 Å². The molecule has 0 aromatic heterocycles. The summed E-state index contributed by atoms with van der Waals surface area (Å²) < 4.78 is 61.6. The Labute approximate surface area is 209 Å². The highest BCUT2D eigenvalue weighted by atomic mass is 35.5. The van der Waals surface area contributed by atoms with Gasteiger partial charge in [-0.2, -0.15) is 0 Å². The molecule has 2 aromatic carbocycles. The Morgan fingerprint density at radius 3 is 2.00 bits per heavy atom. The maximum Gasteiger partial charge on any atom is 0.201 e. The van der Waals surface area contributed by atoms with Crippen molar-refractivity contribution in [2.24, 2.45) is 0 Å². The summed E-state index contributed by atoms with van der Waals surface area (Å²) in [4.78, 5) is 27.7. The zero-order valence-corrected chi connectivity index (χ0v) is 20.3. The number of hydrogen-bond acceptors (Lipinski definition) is 4. The Morgan fingerprint density at radius 1 is 0.889 bits per heavy atom. The lowest BCUT2D eigenvalue weighted by atomic mass is 10.0. The highest BCUT2D eigenvalue weighted by Gasteiger charge is 2.43. The van der Waals surface area contributed by atoms with Crippen LogP contribution in [0.1, 0.15) is 47.1 Å². The minimum Gasteiger partial charge on any atom is -0.462 e. The molecule has 1 aliphatic carbocycles. The summed E-state index contributed by atoms with van der Waals surface area (Å²) >= 11 is 6.43. The van der Waals surface area contributed by atoms with E-state index < -0.39 is 51.5 Å². The summed E-state index contributed by atoms with van der Waals surface area (Å²) in [6.07, 6.45) is 5.86. The van der Waals surface area contributed by atoms with Gasteiger partial charge in [0.1, 0.15) is 11.5 Å². The predicted octanol–water partition coefficient (Wildman–Crippen LogP) is 6.95. The number of hydrogen-bond donors (Lipinski definition) is 0. The number of anilines is 1. The summed E-state index contributed by atoms with van der Waals surface area (Å²) in [5.74, 6) is -10.1. The molecular weight excluding hydrogens is 498 g/mol. The molecule has 2 aliphatic rings. The first-order chi connectivity index (χ1) is 17.1. The maximum atomic E-state index is 14.3. The third-order valence-corrected chi connectivity index (χ3v) is 6.27. The van der Waals surface area contributed by atoms with Crippen LogP contribution in [0.5, 0.6) is 0 Å². The van der Waals surface area contributed by atoms with Crippen LogP contribution < -0.4 is 4.90 Å². The fraction of sp³-hybridized carbons (Fsp3) is 0.185. The molecule has 0 saturated carbocycles. The van der Waals surface area contributed by atoms with Crippen LogP contribution >= 0.6 is 11.6 Å². The van der Waals surface area contributed by atoms with Gasteiger partial charge >= 0.3 is 0 Å². The number of halogens is 5. The lowest BCUT2D eigenvalue weighted by Crippen LogP contribution is -2.21. The van der Waals surface area contributed by atoms with Crippen LogP contribution in [0.3, 0.4) is 0 Å². The Morgan fingerprint density at radius 2 is 1.47 bits per heavy atom. The zero-order chi connectivity index (χ0) is 26.3. The molecule has 1 heterocycles. The van der Waals surface area contributed by atoms with Crippen molar-refractivity contribution in [2.45, 2.75) is 20.8 Å². The van der Waals surface area contributed by atoms with Crippen molar-refractivity contribution in [2.75, 3.05) is 18.0 Å². The van der Waals surface area contributed by atoms with E-state index in [2.05, 4.69) is 4.90 Å². The van der Waals surface area contributed by atoms with Gasteiger partial charge < -0.3 is 9.64 Å². The van der Waals surface area contributed by atoms with E-state index in [-0.39, 0.29) is 17.1 Å². The first kappa shape index (κ1) is 25.4. The van der Waals surface area contributed by atoms with Crippen LogP contribution in [0.4, 0.5) is 23.2 Å². The first-order valence-electron chi connectivity index (χ1n) is 11.1. The average Bonchev–Trinajstić information content (AvgIpc) is 3.11. The molecule has 186 valence electrons. The van der Waals surface area contributed by atoms with E-state index in [1.54, 1.807) is 19.1 Å². The molecule has 0 N–H and O–H groups in total. The van der Waals surface area contributed by atoms with Crippen molar-refractivity contribution in [3.05, 3.63) is 104 Å². The van der Waals surface area contributed by atoms with E-state index in [0.717, 1.165) is 18.8 Å². The number of nitrogens with zero attached hydrogens (tertiary/aromatic N) is 1. The van der Waals surface area contributed by atoms with Gasteiger partial charge in [0.15, 0.2) is 23.3 Å². The molecule has 0 spiro atoms. The molecule has 1 aliphatic heterocycles. The maximum absolute atomic E-state index is 14.3. The molecule has 4 nitrogen and oxygen atoms in total. The number of benzene rings is 2. The van der Waals surface area contributed by atoms with Gasteiger partial charge in [-0.1, -0.05) is 17.7 Å². The molecule has 0 saturated heterocycles. The monoisotopic (exact) mass is 517 g/mol. The van der Waals surface area contributed by atoms with Crippen LogP contribution in [-0.2, 0) is 4.74 Å². The normalized spacial score (nSPS) is 15.3. The Hall–Kier alpha value is -3.65. The van der Waals surface area contributed by atoms with Crippen LogP contribution in [0, 0.1) is 23.3 Å². The quantitative estimate of drug-likeness (QED) is 0.142. The molecule has 2 aromatic rings. The van der Waals surface area contributed by atoms with Gasteiger partial charge in [-0.3, -0.25) is 9.59 Å². The largest absolute Gasteiger partial charge is 0.462 e. The fourth-order valence-electron chi connectivity index (χ4n) is 4.17. The van der Waals surface area contributed by atoms with Crippen LogP contribution in [0.15, 0.2) is 59.1 Å². The highest BCUT2D eigenvalue weighted by Crippen LogP contribution is 2.37. The van der Waals surface area contributed by atoms with Crippen LogP contribution in [-0.4, -0.2) is 24.7 Å². The van der Waals surface area contributed by atoms with Crippen LogP contribution in [0.2, 0.25) is 5.02 Å². The zero-order valence-electron chi connectivity index (χ0n) is 19.5. The van der Waals surface area contributed by atoms with E-state index in [1.807, 2.05) is 32.0 Å². The van der Waals surface area contributed by atoms with E-state index in [1.165, 1.54) is 12.2 Å². The second-order valence-corrected chi connectivity index (χ2v) is 8.52. The third-order valence-electron chi connectivity index (χ3n) is 5.94. The van der Waals surface area contributed by atoms with E-state index in [0.29, 0.717) is 10.6 Å². The number of carbonyl (C=O) groups is 2. The molecular formula is C27H20ClF4NO3. The Bertz CT molecular complexity index is 1390. The average molecular weight is 518 g/mol. The summed E-state index contributed by atoms with van der Waals surface area (Å²) in [5.41, 5.74) is -1.22. The highest BCUT2D eigenvalue weighted by molar-refractivity contribution is 6.40. The summed E-state index contributed by atoms with van der Waals surface area (Å²) in [6, 6.07) is 5.58. The molecule has 0 amide bonds. The SMILES string of the molecule is CCN(CC)c1ccc(/C=C/C2=CC(=C3C(=O)c4c(F)c(F)c(F)c(F)c4C3=O)C=C(C)O2)c(Cl)c1. The summed E-state index contributed by atoms with van der Waals surface area (Å²) in [5, 5.41) is 0.490.